The van der Waals surface area contributed by atoms with Gasteiger partial charge in [-0.25, -0.2) is 0 Å². The minimum Gasteiger partial charge on any atom is -0.265 e. The van der Waals surface area contributed by atoms with Crippen molar-refractivity contribution in [2.75, 3.05) is 10.0 Å². The molecule has 2 aromatic carbocycles. The lowest BCUT2D eigenvalue weighted by Gasteiger charge is -2.21. The minimum atomic E-state index is -0.451. The second-order valence-corrected chi connectivity index (χ2v) is 3.78. The Kier molecular flexibility index (Phi) is 4.13. The van der Waals surface area contributed by atoms with Gasteiger partial charge >= 0.3 is 0 Å². The summed E-state index contributed by atoms with van der Waals surface area (Å²) in [5.74, 6) is -0.451. The molecule has 7 heteroatoms. The number of hydrogen-bond donors (Lipinski definition) is 1. The molecular formula is C13H11N5O2. The highest BCUT2D eigenvalue weighted by Gasteiger charge is 2.22. The normalized spacial score (nSPS) is 9.60. The number of rotatable bonds is 4. The van der Waals surface area contributed by atoms with Crippen molar-refractivity contribution in [2.45, 2.75) is 0 Å². The molecule has 0 saturated carbocycles. The molecule has 20 heavy (non-hydrogen) atoms. The highest BCUT2D eigenvalue weighted by molar-refractivity contribution is 6.04. The van der Waals surface area contributed by atoms with E-state index in [1.807, 2.05) is 0 Å². The number of anilines is 2. The van der Waals surface area contributed by atoms with Crippen LogP contribution in [0.5, 0.6) is 0 Å². The molecule has 7 nitrogen and oxygen atoms in total. The van der Waals surface area contributed by atoms with Crippen LogP contribution in [-0.4, -0.2) is 5.96 Å². The third-order valence-corrected chi connectivity index (χ3v) is 2.57. The Hall–Kier alpha value is -3.09. The summed E-state index contributed by atoms with van der Waals surface area (Å²) in [5.41, 5.74) is 0.745. The standard InChI is InChI=1S/C13H11N5O2/c14-13(17(15-19)11-7-3-1-4-8-11)18(16-20)12-9-5-2-6-10-12/h1-10,14H. The quantitative estimate of drug-likeness (QED) is 0.399. The topological polar surface area (TPSA) is 89.2 Å². The zero-order chi connectivity index (χ0) is 14.4. The lowest BCUT2D eigenvalue weighted by Crippen LogP contribution is -2.37. The fourth-order valence-electron chi connectivity index (χ4n) is 1.64. The first-order valence-corrected chi connectivity index (χ1v) is 5.73. The van der Waals surface area contributed by atoms with Gasteiger partial charge in [0.2, 0.25) is 0 Å². The largest absolute Gasteiger partial charge is 0.265 e. The highest BCUT2D eigenvalue weighted by atomic mass is 16.3. The summed E-state index contributed by atoms with van der Waals surface area (Å²) < 4.78 is 0. The Morgan fingerprint density at radius 3 is 1.40 bits per heavy atom. The van der Waals surface area contributed by atoms with E-state index in [0.717, 1.165) is 10.0 Å². The number of nitroso groups, excluding NO2 is 2. The maximum atomic E-state index is 11.0. The van der Waals surface area contributed by atoms with E-state index in [4.69, 9.17) is 5.41 Å². The van der Waals surface area contributed by atoms with Crippen LogP contribution < -0.4 is 10.0 Å². The van der Waals surface area contributed by atoms with Gasteiger partial charge in [-0.2, -0.15) is 10.0 Å². The minimum absolute atomic E-state index is 0.372. The molecular weight excluding hydrogens is 258 g/mol. The van der Waals surface area contributed by atoms with E-state index in [1.165, 1.54) is 0 Å². The van der Waals surface area contributed by atoms with Gasteiger partial charge in [-0.05, 0) is 24.3 Å². The Morgan fingerprint density at radius 1 is 0.750 bits per heavy atom. The monoisotopic (exact) mass is 269 g/mol. The molecule has 0 spiro atoms. The smallest absolute Gasteiger partial charge is 0.250 e. The van der Waals surface area contributed by atoms with Crippen molar-refractivity contribution in [1.82, 2.24) is 0 Å². The van der Waals surface area contributed by atoms with Gasteiger partial charge in [0, 0.05) is 0 Å². The van der Waals surface area contributed by atoms with Crippen LogP contribution in [0.15, 0.2) is 71.2 Å². The van der Waals surface area contributed by atoms with Crippen molar-refractivity contribution in [1.29, 1.82) is 5.41 Å². The number of para-hydroxylation sites is 2. The first kappa shape index (κ1) is 13.3. The highest BCUT2D eigenvalue weighted by Crippen LogP contribution is 2.20. The lowest BCUT2D eigenvalue weighted by molar-refractivity contribution is 0.993. The molecule has 0 fully saturated rings. The van der Waals surface area contributed by atoms with Crippen molar-refractivity contribution in [2.24, 2.45) is 10.6 Å². The van der Waals surface area contributed by atoms with Crippen molar-refractivity contribution in [3.63, 3.8) is 0 Å². The molecule has 0 bridgehead atoms. The molecule has 0 unspecified atom stereocenters. The van der Waals surface area contributed by atoms with Crippen LogP contribution in [0.25, 0.3) is 0 Å². The van der Waals surface area contributed by atoms with Gasteiger partial charge in [0.05, 0.1) is 21.9 Å². The van der Waals surface area contributed by atoms with Crippen LogP contribution in [0.4, 0.5) is 11.4 Å². The average molecular weight is 269 g/mol. The lowest BCUT2D eigenvalue weighted by atomic mass is 10.3. The van der Waals surface area contributed by atoms with Gasteiger partial charge in [0.15, 0.2) is 0 Å². The predicted molar refractivity (Wildman–Crippen MR) is 77.2 cm³/mol. The summed E-state index contributed by atoms with van der Waals surface area (Å²) in [6.07, 6.45) is 0. The van der Waals surface area contributed by atoms with Gasteiger partial charge in [-0.1, -0.05) is 36.4 Å². The molecule has 2 rings (SSSR count). The first-order chi connectivity index (χ1) is 9.77. The van der Waals surface area contributed by atoms with E-state index in [1.54, 1.807) is 60.7 Å². The van der Waals surface area contributed by atoms with Crippen molar-refractivity contribution >= 4 is 17.3 Å². The molecule has 0 amide bonds. The number of nitrogens with one attached hydrogen (secondary N) is 1. The van der Waals surface area contributed by atoms with E-state index in [-0.39, 0.29) is 0 Å². The van der Waals surface area contributed by atoms with Crippen LogP contribution in [0.2, 0.25) is 0 Å². The Balaban J connectivity index is 2.32. The number of nitrogens with zero attached hydrogens (tertiary/aromatic N) is 4. The van der Waals surface area contributed by atoms with Crippen LogP contribution in [0.3, 0.4) is 0 Å². The van der Waals surface area contributed by atoms with E-state index in [9.17, 15) is 9.81 Å². The van der Waals surface area contributed by atoms with Crippen LogP contribution in [0, 0.1) is 15.2 Å². The van der Waals surface area contributed by atoms with Crippen molar-refractivity contribution in [3.05, 3.63) is 70.5 Å². The van der Waals surface area contributed by atoms with E-state index >= 15 is 0 Å². The Labute approximate surface area is 114 Å². The molecule has 0 aliphatic heterocycles. The third-order valence-electron chi connectivity index (χ3n) is 2.57. The zero-order valence-electron chi connectivity index (χ0n) is 10.4. The fourth-order valence-corrected chi connectivity index (χ4v) is 1.64. The maximum Gasteiger partial charge on any atom is 0.250 e. The summed E-state index contributed by atoms with van der Waals surface area (Å²) >= 11 is 0. The summed E-state index contributed by atoms with van der Waals surface area (Å²) in [5, 5.41) is 15.1. The molecule has 1 N–H and O–H groups in total. The summed E-state index contributed by atoms with van der Waals surface area (Å²) in [4.78, 5) is 21.9. The molecule has 0 heterocycles. The molecule has 0 atom stereocenters. The average Bonchev–Trinajstić information content (AvgIpc) is 2.51. The molecule has 0 saturated heterocycles. The van der Waals surface area contributed by atoms with Crippen molar-refractivity contribution in [3.8, 4) is 0 Å². The second-order valence-electron chi connectivity index (χ2n) is 3.78. The van der Waals surface area contributed by atoms with Gasteiger partial charge in [0.1, 0.15) is 0 Å². The predicted octanol–water partition coefficient (Wildman–Crippen LogP) is 3.30. The number of hydrogen-bond acceptors (Lipinski definition) is 5. The summed E-state index contributed by atoms with van der Waals surface area (Å²) in [7, 11) is 0. The fraction of sp³-hybridized carbons (Fsp3) is 0. The second kappa shape index (κ2) is 6.19. The summed E-state index contributed by atoms with van der Waals surface area (Å²) in [6, 6.07) is 16.7. The van der Waals surface area contributed by atoms with Crippen LogP contribution >= 0.6 is 0 Å². The molecule has 2 aromatic rings. The molecule has 0 aromatic heterocycles. The van der Waals surface area contributed by atoms with E-state index in [0.29, 0.717) is 11.4 Å². The molecule has 0 aliphatic rings. The molecule has 0 aliphatic carbocycles. The third kappa shape index (κ3) is 2.66. The van der Waals surface area contributed by atoms with Gasteiger partial charge in [0.25, 0.3) is 5.96 Å². The van der Waals surface area contributed by atoms with Crippen molar-refractivity contribution < 1.29 is 0 Å². The number of guanidine groups is 1. The molecule has 100 valence electrons. The van der Waals surface area contributed by atoms with E-state index < -0.39 is 5.96 Å². The zero-order valence-corrected chi connectivity index (χ0v) is 10.4. The van der Waals surface area contributed by atoms with Gasteiger partial charge in [-0.3, -0.25) is 5.41 Å². The van der Waals surface area contributed by atoms with Gasteiger partial charge < -0.3 is 0 Å². The SMILES string of the molecule is N=C(N(N=O)c1ccccc1)N(N=O)c1ccccc1. The Bertz CT molecular complexity index is 549. The molecule has 0 radical (unpaired) electrons. The van der Waals surface area contributed by atoms with E-state index in [2.05, 4.69) is 10.6 Å². The van der Waals surface area contributed by atoms with Crippen LogP contribution in [-0.2, 0) is 0 Å². The van der Waals surface area contributed by atoms with Crippen LogP contribution in [0.1, 0.15) is 0 Å². The Morgan fingerprint density at radius 2 is 1.10 bits per heavy atom. The number of benzene rings is 2. The first-order valence-electron chi connectivity index (χ1n) is 5.73. The summed E-state index contributed by atoms with van der Waals surface area (Å²) in [6.45, 7) is 0. The maximum absolute atomic E-state index is 11.0. The van der Waals surface area contributed by atoms with Gasteiger partial charge in [-0.15, -0.1) is 9.81 Å².